The highest BCUT2D eigenvalue weighted by Crippen LogP contribution is 2.37. The average Bonchev–Trinajstić information content (AvgIpc) is 3.43. The lowest BCUT2D eigenvalue weighted by molar-refractivity contribution is -0.137. The van der Waals surface area contributed by atoms with Crippen LogP contribution in [0.3, 0.4) is 0 Å². The maximum Gasteiger partial charge on any atom is 0.416 e. The summed E-state index contributed by atoms with van der Waals surface area (Å²) in [4.78, 5) is 46.0. The largest absolute Gasteiger partial charge is 0.451 e. The first kappa shape index (κ1) is 52.8. The fourth-order valence-electron chi connectivity index (χ4n) is 7.65. The van der Waals surface area contributed by atoms with E-state index >= 15 is 0 Å². The molecule has 77 heavy (non-hydrogen) atoms. The summed E-state index contributed by atoms with van der Waals surface area (Å²) >= 11 is 0. The summed E-state index contributed by atoms with van der Waals surface area (Å²) in [5.74, 6) is -10.7. The number of alkyl halides is 3. The lowest BCUT2D eigenvalue weighted by atomic mass is 10.2. The number of aromatic nitrogens is 4. The number of carbonyl (C=O) groups is 2. The second-order valence-corrected chi connectivity index (χ2v) is 16.6. The minimum Gasteiger partial charge on any atom is -0.451 e. The molecule has 0 unspecified atom stereocenters. The third-order valence-corrected chi connectivity index (χ3v) is 11.4. The minimum atomic E-state index is -4.66. The quantitative estimate of drug-likeness (QED) is 0.0754. The molecule has 0 saturated carbocycles. The van der Waals surface area contributed by atoms with Crippen LogP contribution in [0.2, 0.25) is 0 Å². The normalized spacial score (nSPS) is 13.6. The van der Waals surface area contributed by atoms with Crippen molar-refractivity contribution in [3.63, 3.8) is 0 Å². The fraction of sp³-hybridized carbons (Fsp3) is 0.176. The third kappa shape index (κ3) is 12.7. The van der Waals surface area contributed by atoms with Crippen LogP contribution in [0.4, 0.5) is 87.9 Å². The Kier molecular flexibility index (Phi) is 15.7. The maximum atomic E-state index is 14.8. The minimum absolute atomic E-state index is 0.00249. The van der Waals surface area contributed by atoms with E-state index in [1.165, 1.54) is 42.5 Å². The number of nitrogens with zero attached hydrogens (tertiary/aromatic N) is 6. The molecule has 0 radical (unpaired) electrons. The Balaban J connectivity index is 0.000000188. The Hall–Kier alpha value is -9.04. The number of carbonyl (C=O) groups excluding carboxylic acids is 2. The number of amides is 4. The lowest BCUT2D eigenvalue weighted by Gasteiger charge is -2.27. The zero-order chi connectivity index (χ0) is 54.4. The number of urea groups is 2. The Morgan fingerprint density at radius 1 is 0.506 bits per heavy atom. The van der Waals surface area contributed by atoms with Crippen molar-refractivity contribution in [1.82, 2.24) is 19.9 Å². The second-order valence-electron chi connectivity index (χ2n) is 16.6. The molecule has 4 N–H and O–H groups in total. The number of halogens is 10. The summed E-state index contributed by atoms with van der Waals surface area (Å²) in [6.45, 7) is 4.71. The highest BCUT2D eigenvalue weighted by Gasteiger charge is 2.31. The summed E-state index contributed by atoms with van der Waals surface area (Å²) in [7, 11) is 0. The van der Waals surface area contributed by atoms with Crippen molar-refractivity contribution in [3.05, 3.63) is 156 Å². The molecule has 2 saturated heterocycles. The SMILES string of the molecule is O=C(Nc1cccc(C(F)(F)F)c1)Nc1cc(F)c(Oc2ccc3ncc(N4CCOCC4)nc3c2)c(F)c1F.O=C(Nc1cccc(F)c1)Nc1cc(F)c(Oc2ccc3ncc(N4CCOCC4)nc3c2)c(F)c1F. The molecule has 2 fully saturated rings. The standard InChI is InChI=1S/C26H19F6N5O3.C25H19F4N5O3/c27-17-12-20(36-25(38)34-15-3-1-2-14(10-15)26(30,31)32)22(28)23(29)24(17)40-16-4-5-18-19(11-16)35-21(13-33-18)37-6-8-39-9-7-37;26-14-2-1-3-15(10-14)31-25(35)33-20-12-17(27)24(23(29)22(20)28)37-16-4-5-18-19(11-16)32-21(13-30-18)34-6-8-36-9-7-34/h1-5,10-13H,6-9H2,(H2,34,36,38);1-5,10-13H,6-9H2,(H2,31,33,35). The highest BCUT2D eigenvalue weighted by atomic mass is 19.4. The first-order valence-corrected chi connectivity index (χ1v) is 22.9. The van der Waals surface area contributed by atoms with E-state index < -0.39 is 87.4 Å². The molecule has 8 aromatic rings. The van der Waals surface area contributed by atoms with Crippen LogP contribution in [0.15, 0.2) is 109 Å². The Morgan fingerprint density at radius 3 is 1.39 bits per heavy atom. The predicted octanol–water partition coefficient (Wildman–Crippen LogP) is 11.8. The van der Waals surface area contributed by atoms with Crippen LogP contribution in [0.25, 0.3) is 22.1 Å². The predicted molar refractivity (Wildman–Crippen MR) is 261 cm³/mol. The van der Waals surface area contributed by atoms with E-state index in [0.717, 1.165) is 30.3 Å². The van der Waals surface area contributed by atoms with Crippen LogP contribution in [0.5, 0.6) is 23.0 Å². The zero-order valence-corrected chi connectivity index (χ0v) is 39.5. The van der Waals surface area contributed by atoms with Crippen molar-refractivity contribution in [1.29, 1.82) is 0 Å². The van der Waals surface area contributed by atoms with Gasteiger partial charge in [-0.25, -0.2) is 41.5 Å². The average molecular weight is 1080 g/mol. The number of morpholine rings is 2. The van der Waals surface area contributed by atoms with Gasteiger partial charge < -0.3 is 50.0 Å². The van der Waals surface area contributed by atoms with Gasteiger partial charge in [0.25, 0.3) is 0 Å². The molecule has 26 heteroatoms. The number of nitrogens with one attached hydrogen (secondary N) is 4. The molecule has 398 valence electrons. The van der Waals surface area contributed by atoms with E-state index in [4.69, 9.17) is 18.9 Å². The fourth-order valence-corrected chi connectivity index (χ4v) is 7.65. The van der Waals surface area contributed by atoms with Crippen LogP contribution in [0, 0.1) is 40.7 Å². The van der Waals surface area contributed by atoms with Gasteiger partial charge in [0.1, 0.15) is 29.0 Å². The lowest BCUT2D eigenvalue weighted by Crippen LogP contribution is -2.36. The Labute approximate surface area is 428 Å². The van der Waals surface area contributed by atoms with Crippen LogP contribution >= 0.6 is 0 Å². The number of hydrogen-bond donors (Lipinski definition) is 4. The topological polar surface area (TPSA) is 177 Å². The van der Waals surface area contributed by atoms with Crippen molar-refractivity contribution < 1.29 is 72.4 Å². The molecule has 0 atom stereocenters. The van der Waals surface area contributed by atoms with Crippen molar-refractivity contribution in [2.24, 2.45) is 0 Å². The van der Waals surface area contributed by atoms with E-state index in [9.17, 15) is 53.5 Å². The molecule has 4 amide bonds. The molecule has 2 aliphatic rings. The van der Waals surface area contributed by atoms with Gasteiger partial charge in [0.15, 0.2) is 23.3 Å². The molecule has 6 aromatic carbocycles. The van der Waals surface area contributed by atoms with E-state index in [-0.39, 0.29) is 22.9 Å². The van der Waals surface area contributed by atoms with Crippen LogP contribution in [-0.2, 0) is 15.7 Å². The Morgan fingerprint density at radius 2 is 0.948 bits per heavy atom. The van der Waals surface area contributed by atoms with Gasteiger partial charge in [0, 0.05) is 61.8 Å². The van der Waals surface area contributed by atoms with Crippen molar-refractivity contribution in [3.8, 4) is 23.0 Å². The molecule has 0 spiro atoms. The van der Waals surface area contributed by atoms with Crippen molar-refractivity contribution in [2.45, 2.75) is 6.18 Å². The maximum absolute atomic E-state index is 14.8. The van der Waals surface area contributed by atoms with Gasteiger partial charge in [0.05, 0.1) is 77.8 Å². The van der Waals surface area contributed by atoms with Gasteiger partial charge in [-0.15, -0.1) is 0 Å². The first-order valence-electron chi connectivity index (χ1n) is 22.9. The number of rotatable bonds is 10. The molecule has 10 rings (SSSR count). The monoisotopic (exact) mass is 1080 g/mol. The van der Waals surface area contributed by atoms with Gasteiger partial charge in [0.2, 0.25) is 23.1 Å². The molecular formula is C51H38F10N10O6. The smallest absolute Gasteiger partial charge is 0.416 e. The summed E-state index contributed by atoms with van der Waals surface area (Å²) < 4.78 is 162. The van der Waals surface area contributed by atoms with E-state index in [2.05, 4.69) is 30.6 Å². The van der Waals surface area contributed by atoms with E-state index in [1.54, 1.807) is 18.5 Å². The molecule has 2 aromatic heterocycles. The number of benzene rings is 6. The summed E-state index contributed by atoms with van der Waals surface area (Å²) in [5, 5.41) is 8.17. The third-order valence-electron chi connectivity index (χ3n) is 11.4. The highest BCUT2D eigenvalue weighted by molar-refractivity contribution is 6.00. The van der Waals surface area contributed by atoms with Gasteiger partial charge in [-0.2, -0.15) is 22.0 Å². The zero-order valence-electron chi connectivity index (χ0n) is 39.5. The van der Waals surface area contributed by atoms with Crippen molar-refractivity contribution in [2.75, 3.05) is 83.7 Å². The van der Waals surface area contributed by atoms with Crippen LogP contribution < -0.4 is 40.5 Å². The summed E-state index contributed by atoms with van der Waals surface area (Å²) in [5.41, 5.74) is -1.11. The molecule has 4 heterocycles. The number of fused-ring (bicyclic) bond motifs is 2. The Bertz CT molecular complexity index is 3510. The van der Waals surface area contributed by atoms with Crippen LogP contribution in [-0.4, -0.2) is 84.6 Å². The number of anilines is 6. The number of hydrogen-bond acceptors (Lipinski definition) is 12. The second kappa shape index (κ2) is 22.8. The van der Waals surface area contributed by atoms with Gasteiger partial charge >= 0.3 is 18.2 Å². The number of ether oxygens (including phenoxy) is 4. The van der Waals surface area contributed by atoms with Crippen molar-refractivity contribution >= 4 is 68.5 Å². The van der Waals surface area contributed by atoms with Crippen LogP contribution in [0.1, 0.15) is 5.56 Å². The summed E-state index contributed by atoms with van der Waals surface area (Å²) in [6, 6.07) is 16.0. The van der Waals surface area contributed by atoms with Gasteiger partial charge in [-0.05, 0) is 60.7 Å². The summed E-state index contributed by atoms with van der Waals surface area (Å²) in [6.07, 6.45) is -1.44. The molecule has 0 bridgehead atoms. The molecule has 16 nitrogen and oxygen atoms in total. The van der Waals surface area contributed by atoms with E-state index in [0.29, 0.717) is 105 Å². The molecule has 2 aliphatic heterocycles. The first-order chi connectivity index (χ1) is 36.9. The molecule has 0 aliphatic carbocycles. The van der Waals surface area contributed by atoms with Gasteiger partial charge in [-0.1, -0.05) is 12.1 Å². The van der Waals surface area contributed by atoms with Gasteiger partial charge in [-0.3, -0.25) is 9.97 Å². The molecular weight excluding hydrogens is 1040 g/mol. The van der Waals surface area contributed by atoms with E-state index in [1.807, 2.05) is 20.4 Å².